The Hall–Kier alpha value is -3.43. The van der Waals surface area contributed by atoms with E-state index in [9.17, 15) is 14.4 Å². The quantitative estimate of drug-likeness (QED) is 0.181. The average Bonchev–Trinajstić information content (AvgIpc) is 3.24. The lowest BCUT2D eigenvalue weighted by Gasteiger charge is -2.16. The highest BCUT2D eigenvalue weighted by Crippen LogP contribution is 2.38. The third kappa shape index (κ3) is 5.26. The van der Waals surface area contributed by atoms with Crippen LogP contribution in [0.25, 0.3) is 16.6 Å². The summed E-state index contributed by atoms with van der Waals surface area (Å²) in [5, 5.41) is 3.88. The first-order valence-electron chi connectivity index (χ1n) is 12.8. The molecule has 1 unspecified atom stereocenters. The van der Waals surface area contributed by atoms with Gasteiger partial charge >= 0.3 is 5.97 Å². The zero-order chi connectivity index (χ0) is 26.6. The van der Waals surface area contributed by atoms with Crippen LogP contribution in [-0.4, -0.2) is 33.8 Å². The van der Waals surface area contributed by atoms with Crippen molar-refractivity contribution in [3.05, 3.63) is 81.0 Å². The van der Waals surface area contributed by atoms with Crippen LogP contribution in [0.2, 0.25) is 0 Å². The topological polar surface area (TPSA) is 90.3 Å². The number of benzene rings is 2. The van der Waals surface area contributed by atoms with Crippen LogP contribution >= 0.6 is 23.1 Å². The summed E-state index contributed by atoms with van der Waals surface area (Å²) in [4.78, 5) is 45.6. The molecule has 196 valence electrons. The third-order valence-corrected chi connectivity index (χ3v) is 8.97. The highest BCUT2D eigenvalue weighted by molar-refractivity contribution is 8.00. The lowest BCUT2D eigenvalue weighted by atomic mass is 9.96. The number of nitrogens with one attached hydrogen (secondary N) is 1. The van der Waals surface area contributed by atoms with Crippen molar-refractivity contribution in [3.63, 3.8) is 0 Å². The van der Waals surface area contributed by atoms with Crippen LogP contribution in [0.15, 0.2) is 64.5 Å². The van der Waals surface area contributed by atoms with E-state index in [1.165, 1.54) is 36.6 Å². The van der Waals surface area contributed by atoms with E-state index in [4.69, 9.17) is 9.72 Å². The molecule has 2 heterocycles. The Morgan fingerprint density at radius 3 is 2.50 bits per heavy atom. The molecule has 4 aromatic rings. The fourth-order valence-corrected chi connectivity index (χ4v) is 6.95. The number of thioether (sulfide) groups is 1. The number of hydrogen-bond donors (Lipinski definition) is 1. The second-order valence-corrected chi connectivity index (χ2v) is 11.7. The van der Waals surface area contributed by atoms with Crippen molar-refractivity contribution < 1.29 is 14.3 Å². The highest BCUT2D eigenvalue weighted by atomic mass is 32.2. The van der Waals surface area contributed by atoms with Gasteiger partial charge in [-0.3, -0.25) is 14.2 Å². The number of ether oxygens (including phenoxy) is 1. The summed E-state index contributed by atoms with van der Waals surface area (Å²) >= 11 is 2.68. The van der Waals surface area contributed by atoms with Gasteiger partial charge in [-0.1, -0.05) is 54.9 Å². The van der Waals surface area contributed by atoms with Crippen LogP contribution in [0.5, 0.6) is 0 Å². The predicted molar refractivity (Wildman–Crippen MR) is 153 cm³/mol. The molecule has 0 radical (unpaired) electrons. The van der Waals surface area contributed by atoms with E-state index >= 15 is 0 Å². The first kappa shape index (κ1) is 26.2. The zero-order valence-corrected chi connectivity index (χ0v) is 23.0. The van der Waals surface area contributed by atoms with Crippen molar-refractivity contribution in [2.45, 2.75) is 55.9 Å². The number of thiophene rings is 1. The van der Waals surface area contributed by atoms with Crippen molar-refractivity contribution in [1.82, 2.24) is 9.55 Å². The first-order valence-corrected chi connectivity index (χ1v) is 14.4. The molecule has 1 atom stereocenters. The zero-order valence-electron chi connectivity index (χ0n) is 21.4. The fraction of sp³-hybridized carbons (Fsp3) is 0.310. The number of anilines is 1. The maximum absolute atomic E-state index is 13.5. The number of carbonyl (C=O) groups excluding carboxylic acids is 2. The number of carbonyl (C=O) groups is 2. The van der Waals surface area contributed by atoms with Gasteiger partial charge in [0.2, 0.25) is 5.91 Å². The minimum Gasteiger partial charge on any atom is -0.465 e. The molecule has 1 aliphatic carbocycles. The van der Waals surface area contributed by atoms with Gasteiger partial charge in [-0.05, 0) is 62.4 Å². The lowest BCUT2D eigenvalue weighted by Crippen LogP contribution is -2.26. The molecule has 0 saturated carbocycles. The molecule has 1 amide bonds. The maximum atomic E-state index is 13.5. The van der Waals surface area contributed by atoms with E-state index < -0.39 is 11.2 Å². The van der Waals surface area contributed by atoms with Crippen molar-refractivity contribution in [2.24, 2.45) is 0 Å². The number of aryl methyl sites for hydroxylation is 1. The summed E-state index contributed by atoms with van der Waals surface area (Å²) in [6.07, 6.45) is 6.08. The molecule has 0 bridgehead atoms. The third-order valence-electron chi connectivity index (χ3n) is 6.71. The molecule has 0 fully saturated rings. The van der Waals surface area contributed by atoms with E-state index in [2.05, 4.69) is 5.32 Å². The molecule has 1 aliphatic rings. The largest absolute Gasteiger partial charge is 0.465 e. The van der Waals surface area contributed by atoms with Crippen molar-refractivity contribution in [3.8, 4) is 5.69 Å². The van der Waals surface area contributed by atoms with Crippen LogP contribution in [0.1, 0.15) is 53.4 Å². The van der Waals surface area contributed by atoms with Crippen molar-refractivity contribution in [1.29, 1.82) is 0 Å². The molecule has 2 aromatic carbocycles. The van der Waals surface area contributed by atoms with E-state index in [1.807, 2.05) is 42.5 Å². The Balaban J connectivity index is 1.47. The number of amides is 1. The summed E-state index contributed by atoms with van der Waals surface area (Å²) < 4.78 is 6.64. The van der Waals surface area contributed by atoms with E-state index in [-0.39, 0.29) is 11.5 Å². The Morgan fingerprint density at radius 2 is 1.74 bits per heavy atom. The monoisotopic (exact) mass is 547 g/mol. The molecule has 0 spiro atoms. The first-order chi connectivity index (χ1) is 18.5. The van der Waals surface area contributed by atoms with E-state index in [0.717, 1.165) is 42.5 Å². The molecule has 38 heavy (non-hydrogen) atoms. The second-order valence-electron chi connectivity index (χ2n) is 9.25. The van der Waals surface area contributed by atoms with Crippen LogP contribution in [0.4, 0.5) is 5.00 Å². The summed E-state index contributed by atoms with van der Waals surface area (Å²) in [5.41, 5.74) is 2.54. The minimum atomic E-state index is -0.590. The Bertz CT molecular complexity index is 1540. The Labute approximate surface area is 229 Å². The van der Waals surface area contributed by atoms with Gasteiger partial charge in [0.05, 0.1) is 34.5 Å². The van der Waals surface area contributed by atoms with Gasteiger partial charge in [0, 0.05) is 4.88 Å². The number of para-hydroxylation sites is 2. The molecule has 9 heteroatoms. The smallest absolute Gasteiger partial charge is 0.341 e. The fourth-order valence-electron chi connectivity index (χ4n) is 4.75. The number of aromatic nitrogens is 2. The number of rotatable bonds is 6. The van der Waals surface area contributed by atoms with Crippen LogP contribution < -0.4 is 10.9 Å². The molecule has 5 rings (SSSR count). The van der Waals surface area contributed by atoms with E-state index in [0.29, 0.717) is 32.3 Å². The molecule has 1 N–H and O–H groups in total. The minimum absolute atomic E-state index is 0.192. The summed E-state index contributed by atoms with van der Waals surface area (Å²) in [6.45, 7) is 1.78. The molecule has 0 saturated heterocycles. The predicted octanol–water partition coefficient (Wildman–Crippen LogP) is 6.01. The standard InChI is InChI=1S/C29H29N3O4S2/c1-18(25(33)31-26-24(28(35)36-2)21-15-8-3-4-9-17-23(21)38-26)37-29-30-22-16-11-10-14-20(22)27(34)32(29)19-12-6-5-7-13-19/h5-7,10-14,16,18H,3-4,8-9,15,17H2,1-2H3,(H,31,33). The van der Waals surface area contributed by atoms with Gasteiger partial charge in [-0.25, -0.2) is 9.78 Å². The second kappa shape index (κ2) is 11.5. The lowest BCUT2D eigenvalue weighted by molar-refractivity contribution is -0.115. The average molecular weight is 548 g/mol. The Morgan fingerprint density at radius 1 is 1.03 bits per heavy atom. The van der Waals surface area contributed by atoms with Crippen molar-refractivity contribution >= 4 is 50.9 Å². The van der Waals surface area contributed by atoms with Gasteiger partial charge in [0.25, 0.3) is 5.56 Å². The summed E-state index contributed by atoms with van der Waals surface area (Å²) in [7, 11) is 1.37. The summed E-state index contributed by atoms with van der Waals surface area (Å²) in [5.74, 6) is -0.691. The van der Waals surface area contributed by atoms with Gasteiger partial charge in [0.1, 0.15) is 5.00 Å². The van der Waals surface area contributed by atoms with Gasteiger partial charge in [-0.15, -0.1) is 11.3 Å². The van der Waals surface area contributed by atoms with Gasteiger partial charge in [0.15, 0.2) is 5.16 Å². The molecule has 7 nitrogen and oxygen atoms in total. The normalized spacial score (nSPS) is 14.3. The van der Waals surface area contributed by atoms with Gasteiger partial charge < -0.3 is 10.1 Å². The Kier molecular flexibility index (Phi) is 7.95. The number of nitrogens with zero attached hydrogens (tertiary/aromatic N) is 2. The van der Waals surface area contributed by atoms with Crippen LogP contribution in [0.3, 0.4) is 0 Å². The number of hydrogen-bond acceptors (Lipinski definition) is 7. The molecular formula is C29H29N3O4S2. The number of fused-ring (bicyclic) bond motifs is 2. The number of methoxy groups -OCH3 is 1. The maximum Gasteiger partial charge on any atom is 0.341 e. The van der Waals surface area contributed by atoms with Crippen molar-refractivity contribution in [2.75, 3.05) is 12.4 Å². The SMILES string of the molecule is COC(=O)c1c(NC(=O)C(C)Sc2nc3ccccc3c(=O)n2-c2ccccc2)sc2c1CCCCCC2. The van der Waals surface area contributed by atoms with Gasteiger partial charge in [-0.2, -0.15) is 0 Å². The summed E-state index contributed by atoms with van der Waals surface area (Å²) in [6, 6.07) is 16.5. The van der Waals surface area contributed by atoms with E-state index in [1.54, 1.807) is 23.6 Å². The van der Waals surface area contributed by atoms with Crippen LogP contribution in [0, 0.1) is 0 Å². The number of esters is 1. The molecule has 2 aromatic heterocycles. The van der Waals surface area contributed by atoms with Crippen LogP contribution in [-0.2, 0) is 22.4 Å². The highest BCUT2D eigenvalue weighted by Gasteiger charge is 2.28. The molecular weight excluding hydrogens is 518 g/mol. The molecule has 0 aliphatic heterocycles.